The van der Waals surface area contributed by atoms with Gasteiger partial charge in [0.25, 0.3) is 0 Å². The van der Waals surface area contributed by atoms with Crippen LogP contribution in [0.25, 0.3) is 0 Å². The average molecular weight is 188 g/mol. The molecule has 0 rings (SSSR count). The van der Waals surface area contributed by atoms with E-state index in [1.54, 1.807) is 0 Å². The second kappa shape index (κ2) is 7.52. The predicted molar refractivity (Wildman–Crippen MR) is 13.6 cm³/mol. The van der Waals surface area contributed by atoms with Crippen molar-refractivity contribution in [2.45, 2.75) is 0 Å². The van der Waals surface area contributed by atoms with Gasteiger partial charge in [-0.05, 0) is 0 Å². The molecule has 0 amide bonds. The van der Waals surface area contributed by atoms with Crippen molar-refractivity contribution in [3.8, 4) is 0 Å². The van der Waals surface area contributed by atoms with Gasteiger partial charge in [-0.1, -0.05) is 0 Å². The van der Waals surface area contributed by atoms with E-state index in [1.807, 2.05) is 0 Å². The van der Waals surface area contributed by atoms with E-state index in [2.05, 4.69) is 0 Å². The fourth-order valence-corrected chi connectivity index (χ4v) is 0. The van der Waals surface area contributed by atoms with Crippen molar-refractivity contribution in [3.63, 3.8) is 0 Å². The van der Waals surface area contributed by atoms with Crippen molar-refractivity contribution in [3.05, 3.63) is 0 Å². The van der Waals surface area contributed by atoms with Crippen LogP contribution >= 0.6 is 7.82 Å². The largest absolute Gasteiger partial charge is 3.00 e. The van der Waals surface area contributed by atoms with Crippen LogP contribution in [0.15, 0.2) is 0 Å². The monoisotopic (exact) mass is 188 g/mol. The quantitative estimate of drug-likeness (QED) is 0.300. The van der Waals surface area contributed by atoms with Crippen molar-refractivity contribution in [2.75, 3.05) is 0 Å². The summed E-state index contributed by atoms with van der Waals surface area (Å²) in [7, 11) is -5.39. The fourth-order valence-electron chi connectivity index (χ4n) is 0. The summed E-state index contributed by atoms with van der Waals surface area (Å²) in [6, 6.07) is 0. The summed E-state index contributed by atoms with van der Waals surface area (Å²) in [5.74, 6) is 0. The minimum atomic E-state index is -5.39. The summed E-state index contributed by atoms with van der Waals surface area (Å²) < 4.78 is 8.55. The van der Waals surface area contributed by atoms with Crippen LogP contribution < -0.4 is 25.5 Å². The summed E-state index contributed by atoms with van der Waals surface area (Å²) in [6.07, 6.45) is 0. The van der Waals surface area contributed by atoms with Gasteiger partial charge in [-0.15, -0.1) is 0 Å². The molecule has 1 radical (unpaired) electrons. The summed E-state index contributed by atoms with van der Waals surface area (Å²) in [5.41, 5.74) is 0. The molecule has 53 valence electrons. The van der Waals surface area contributed by atoms with Crippen molar-refractivity contribution in [1.29, 1.82) is 0 Å². The Bertz CT molecular complexity index is 62.2. The normalized spacial score (nSPS) is 7.38. The van der Waals surface area contributed by atoms with Crippen molar-refractivity contribution in [2.24, 2.45) is 0 Å². The van der Waals surface area contributed by atoms with Crippen molar-refractivity contribution in [1.82, 2.24) is 6.15 Å². The maximum atomic E-state index is 8.55. The van der Waals surface area contributed by atoms with E-state index in [-0.39, 0.29) is 27.9 Å². The molecule has 0 spiro atoms. The Morgan fingerprint density at radius 2 is 1.12 bits per heavy atom. The first-order chi connectivity index (χ1) is 2.00. The zero-order valence-electron chi connectivity index (χ0n) is 3.81. The first kappa shape index (κ1) is 23.6. The van der Waals surface area contributed by atoms with E-state index in [0.717, 1.165) is 0 Å². The van der Waals surface area contributed by atoms with E-state index >= 15 is 0 Å². The third-order valence-corrected chi connectivity index (χ3v) is 0. The molecule has 0 aliphatic rings. The molecule has 0 heterocycles. The van der Waals surface area contributed by atoms with Crippen LogP contribution in [0.3, 0.4) is 0 Å². The van der Waals surface area contributed by atoms with Gasteiger partial charge in [0.05, 0.1) is 0 Å². The maximum Gasteiger partial charge on any atom is 3.00 e. The van der Waals surface area contributed by atoms with E-state index < -0.39 is 7.82 Å². The number of rotatable bonds is 0. The molecule has 0 saturated heterocycles. The minimum Gasteiger partial charge on any atom is -1.00 e. The number of phosphoric acid groups is 1. The zero-order valence-corrected chi connectivity index (χ0v) is 5.81. The zero-order chi connectivity index (χ0) is 4.50. The Balaban J connectivity index is -0.0000000267. The third kappa shape index (κ3) is 736. The van der Waals surface area contributed by atoms with E-state index in [9.17, 15) is 0 Å². The predicted octanol–water partition coefficient (Wildman–Crippen LogP) is -5.45. The van der Waals surface area contributed by atoms with E-state index in [0.29, 0.717) is 0 Å². The van der Waals surface area contributed by atoms with Gasteiger partial charge < -0.3 is 30.1 Å². The third-order valence-electron chi connectivity index (χ3n) is 0. The van der Waals surface area contributed by atoms with Crippen LogP contribution in [-0.2, 0) is 21.6 Å². The molecule has 0 saturated carbocycles. The molecule has 0 fully saturated rings. The van der Waals surface area contributed by atoms with Crippen molar-refractivity contribution < 1.29 is 41.0 Å². The molecule has 8 heavy (non-hydrogen) atoms. The number of hydrogen-bond acceptors (Lipinski definition) is 4. The number of halogens is 1. The SMILES string of the molecule is O=P([O-])([O-])[O-].[F-].[Fe+3].[NH4+]. The summed E-state index contributed by atoms with van der Waals surface area (Å²) in [4.78, 5) is 25.6. The summed E-state index contributed by atoms with van der Waals surface area (Å²) >= 11 is 0. The van der Waals surface area contributed by atoms with Crippen LogP contribution in [-0.4, -0.2) is 0 Å². The molecule has 0 aliphatic heterocycles. The van der Waals surface area contributed by atoms with Crippen LogP contribution in [0, 0.1) is 0 Å². The first-order valence-corrected chi connectivity index (χ1v) is 2.19. The smallest absolute Gasteiger partial charge is 1.00 e. The van der Waals surface area contributed by atoms with Gasteiger partial charge in [0.15, 0.2) is 0 Å². The summed E-state index contributed by atoms with van der Waals surface area (Å²) in [6.45, 7) is 0. The molecule has 0 bridgehead atoms. The Hall–Kier alpha value is 0.519. The molecule has 0 unspecified atom stereocenters. The van der Waals surface area contributed by atoms with Gasteiger partial charge >= 0.3 is 17.1 Å². The van der Waals surface area contributed by atoms with Gasteiger partial charge in [-0.2, -0.15) is 7.82 Å². The molecular weight excluding hydrogens is 184 g/mol. The van der Waals surface area contributed by atoms with Crippen LogP contribution in [0.2, 0.25) is 0 Å². The minimum absolute atomic E-state index is 0. The van der Waals surface area contributed by atoms with Gasteiger partial charge in [-0.25, -0.2) is 0 Å². The molecule has 0 aliphatic carbocycles. The fraction of sp³-hybridized carbons (Fsp3) is 0. The van der Waals surface area contributed by atoms with Crippen molar-refractivity contribution >= 4 is 7.82 Å². The first-order valence-electron chi connectivity index (χ1n) is 0.730. The molecule has 8 heteroatoms. The van der Waals surface area contributed by atoms with Gasteiger partial charge in [-0.3, -0.25) is 0 Å². The molecule has 0 aromatic carbocycles. The summed E-state index contributed by atoms with van der Waals surface area (Å²) in [5, 5.41) is 0. The maximum absolute atomic E-state index is 8.55. The molecule has 0 aromatic heterocycles. The van der Waals surface area contributed by atoms with Gasteiger partial charge in [0.2, 0.25) is 0 Å². The average Bonchev–Trinajstić information content (AvgIpc) is 0.722. The second-order valence-electron chi connectivity index (χ2n) is 0.447. The molecule has 5 nitrogen and oxygen atoms in total. The molecule has 0 atom stereocenters. The van der Waals surface area contributed by atoms with Crippen LogP contribution in [0.1, 0.15) is 0 Å². The van der Waals surface area contributed by atoms with Gasteiger partial charge in [0.1, 0.15) is 0 Å². The van der Waals surface area contributed by atoms with Crippen LogP contribution in [0.5, 0.6) is 0 Å². The van der Waals surface area contributed by atoms with Gasteiger partial charge in [0, 0.05) is 0 Å². The molecule has 4 N–H and O–H groups in total. The Kier molecular flexibility index (Phi) is 22.2. The number of quaternary nitrogens is 1. The van der Waals surface area contributed by atoms with Crippen LogP contribution in [0.4, 0.5) is 0 Å². The molecule has 0 aromatic rings. The number of hydrogen-bond donors (Lipinski definition) is 1. The topological polar surface area (TPSA) is 123 Å². The Morgan fingerprint density at radius 3 is 1.12 bits per heavy atom. The van der Waals surface area contributed by atoms with E-state index in [1.165, 1.54) is 0 Å². The standard InChI is InChI=1S/FH.Fe.H3N.H3O4P/c;;;1-5(2,3)4/h1H;;1H3;(H3,1,2,3,4)/q;+3;;/p-3. The molecular formula is H4FFeNO4P. The Morgan fingerprint density at radius 1 is 1.12 bits per heavy atom. The Labute approximate surface area is 55.8 Å². The second-order valence-corrected chi connectivity index (χ2v) is 1.34. The van der Waals surface area contributed by atoms with E-state index in [4.69, 9.17) is 19.2 Å².